The maximum atomic E-state index is 3.98. The van der Waals surface area contributed by atoms with E-state index in [4.69, 9.17) is 0 Å². The van der Waals surface area contributed by atoms with Gasteiger partial charge in [0.15, 0.2) is 0 Å². The van der Waals surface area contributed by atoms with E-state index in [1.807, 2.05) is 6.21 Å². The standard InChI is InChI=1S/C14H27N/c1-3-5-6-7-8-9-10-11-12-13-14-15-4-2/h4,14H,2-3,5-13H2,1H3. The highest BCUT2D eigenvalue weighted by molar-refractivity contribution is 5.57. The van der Waals surface area contributed by atoms with Crippen molar-refractivity contribution >= 4 is 6.21 Å². The molecule has 0 rings (SSSR count). The molecule has 0 aromatic carbocycles. The Hall–Kier alpha value is -0.590. The summed E-state index contributed by atoms with van der Waals surface area (Å²) in [5.41, 5.74) is 0. The predicted octanol–water partition coefficient (Wildman–Crippen LogP) is 5.12. The quantitative estimate of drug-likeness (QED) is 0.331. The first-order valence-electron chi connectivity index (χ1n) is 6.54. The van der Waals surface area contributed by atoms with Gasteiger partial charge in [-0.15, -0.1) is 0 Å². The molecule has 0 atom stereocenters. The first-order chi connectivity index (χ1) is 7.41. The van der Waals surface area contributed by atoms with Crippen molar-refractivity contribution in [2.75, 3.05) is 0 Å². The van der Waals surface area contributed by atoms with Gasteiger partial charge in [-0.05, 0) is 12.8 Å². The minimum Gasteiger partial charge on any atom is -0.270 e. The summed E-state index contributed by atoms with van der Waals surface area (Å²) < 4.78 is 0. The van der Waals surface area contributed by atoms with Gasteiger partial charge >= 0.3 is 0 Å². The summed E-state index contributed by atoms with van der Waals surface area (Å²) in [7, 11) is 0. The SMILES string of the molecule is C=CN=CCCCCCCCCCCC. The molecule has 0 radical (unpaired) electrons. The minimum atomic E-state index is 1.11. The van der Waals surface area contributed by atoms with Gasteiger partial charge in [0.25, 0.3) is 0 Å². The van der Waals surface area contributed by atoms with Crippen LogP contribution in [0.4, 0.5) is 0 Å². The molecule has 0 N–H and O–H groups in total. The summed E-state index contributed by atoms with van der Waals surface area (Å²) in [6, 6.07) is 0. The van der Waals surface area contributed by atoms with Crippen LogP contribution >= 0.6 is 0 Å². The molecule has 0 aliphatic heterocycles. The van der Waals surface area contributed by atoms with Crippen molar-refractivity contribution < 1.29 is 0 Å². The van der Waals surface area contributed by atoms with Crippen LogP contribution < -0.4 is 0 Å². The molecule has 0 bridgehead atoms. The van der Waals surface area contributed by atoms with Crippen molar-refractivity contribution in [3.63, 3.8) is 0 Å². The maximum absolute atomic E-state index is 3.98. The molecule has 0 aliphatic rings. The fourth-order valence-electron chi connectivity index (χ4n) is 1.70. The number of hydrogen-bond acceptors (Lipinski definition) is 1. The fraction of sp³-hybridized carbons (Fsp3) is 0.786. The first kappa shape index (κ1) is 14.4. The summed E-state index contributed by atoms with van der Waals surface area (Å²) in [6.07, 6.45) is 17.2. The zero-order valence-electron chi connectivity index (χ0n) is 10.4. The highest BCUT2D eigenvalue weighted by Crippen LogP contribution is 2.09. The molecule has 88 valence electrons. The molecule has 0 saturated carbocycles. The average Bonchev–Trinajstić information content (AvgIpc) is 2.26. The van der Waals surface area contributed by atoms with Crippen LogP contribution in [-0.2, 0) is 0 Å². The van der Waals surface area contributed by atoms with Gasteiger partial charge in [0, 0.05) is 12.4 Å². The lowest BCUT2D eigenvalue weighted by Gasteiger charge is -2.00. The third-order valence-electron chi connectivity index (χ3n) is 2.65. The van der Waals surface area contributed by atoms with Crippen LogP contribution in [0.1, 0.15) is 71.1 Å². The highest BCUT2D eigenvalue weighted by atomic mass is 14.6. The maximum Gasteiger partial charge on any atom is 0.0191 e. The average molecular weight is 209 g/mol. The van der Waals surface area contributed by atoms with E-state index in [0.29, 0.717) is 0 Å². The summed E-state index contributed by atoms with van der Waals surface area (Å²) in [5.74, 6) is 0. The van der Waals surface area contributed by atoms with Gasteiger partial charge in [0.1, 0.15) is 0 Å². The van der Waals surface area contributed by atoms with Gasteiger partial charge in [-0.25, -0.2) is 0 Å². The molecular formula is C14H27N. The van der Waals surface area contributed by atoms with Crippen LogP contribution in [0.3, 0.4) is 0 Å². The van der Waals surface area contributed by atoms with E-state index in [9.17, 15) is 0 Å². The van der Waals surface area contributed by atoms with Crippen molar-refractivity contribution in [2.45, 2.75) is 71.1 Å². The molecule has 0 aromatic heterocycles. The Morgan fingerprint density at radius 3 is 1.93 bits per heavy atom. The second-order valence-corrected chi connectivity index (χ2v) is 4.13. The molecule has 15 heavy (non-hydrogen) atoms. The van der Waals surface area contributed by atoms with E-state index in [0.717, 1.165) is 6.42 Å². The second-order valence-electron chi connectivity index (χ2n) is 4.13. The zero-order chi connectivity index (χ0) is 11.2. The Morgan fingerprint density at radius 1 is 0.867 bits per heavy atom. The summed E-state index contributed by atoms with van der Waals surface area (Å²) in [6.45, 7) is 5.81. The Morgan fingerprint density at radius 2 is 1.40 bits per heavy atom. The van der Waals surface area contributed by atoms with Crippen molar-refractivity contribution in [1.82, 2.24) is 0 Å². The first-order valence-corrected chi connectivity index (χ1v) is 6.54. The normalized spacial score (nSPS) is 11.0. The van der Waals surface area contributed by atoms with Gasteiger partial charge < -0.3 is 0 Å². The van der Waals surface area contributed by atoms with Crippen molar-refractivity contribution in [3.05, 3.63) is 12.8 Å². The molecular weight excluding hydrogens is 182 g/mol. The lowest BCUT2D eigenvalue weighted by Crippen LogP contribution is -1.82. The molecule has 0 unspecified atom stereocenters. The topological polar surface area (TPSA) is 12.4 Å². The minimum absolute atomic E-state index is 1.11. The van der Waals surface area contributed by atoms with E-state index < -0.39 is 0 Å². The molecule has 0 heterocycles. The van der Waals surface area contributed by atoms with Crippen LogP contribution in [0.25, 0.3) is 0 Å². The molecule has 0 aromatic rings. The van der Waals surface area contributed by atoms with Crippen LogP contribution in [0.5, 0.6) is 0 Å². The number of aliphatic imine (C=N–C) groups is 1. The molecule has 0 spiro atoms. The van der Waals surface area contributed by atoms with E-state index in [1.165, 1.54) is 57.8 Å². The van der Waals surface area contributed by atoms with Gasteiger partial charge in [-0.3, -0.25) is 4.99 Å². The number of hydrogen-bond donors (Lipinski definition) is 0. The van der Waals surface area contributed by atoms with Crippen LogP contribution in [-0.4, -0.2) is 6.21 Å². The Balaban J connectivity index is 2.92. The molecule has 1 heteroatoms. The van der Waals surface area contributed by atoms with Crippen molar-refractivity contribution in [2.24, 2.45) is 4.99 Å². The van der Waals surface area contributed by atoms with E-state index >= 15 is 0 Å². The third-order valence-corrected chi connectivity index (χ3v) is 2.65. The third kappa shape index (κ3) is 13.4. The van der Waals surface area contributed by atoms with Crippen molar-refractivity contribution in [3.8, 4) is 0 Å². The molecule has 0 fully saturated rings. The molecule has 0 aliphatic carbocycles. The van der Waals surface area contributed by atoms with Crippen LogP contribution in [0.2, 0.25) is 0 Å². The lowest BCUT2D eigenvalue weighted by molar-refractivity contribution is 0.569. The summed E-state index contributed by atoms with van der Waals surface area (Å²) >= 11 is 0. The van der Waals surface area contributed by atoms with Gasteiger partial charge in [0.05, 0.1) is 0 Å². The largest absolute Gasteiger partial charge is 0.270 e. The Bertz CT molecular complexity index is 149. The number of unbranched alkanes of at least 4 members (excludes halogenated alkanes) is 9. The predicted molar refractivity (Wildman–Crippen MR) is 70.5 cm³/mol. The van der Waals surface area contributed by atoms with Crippen molar-refractivity contribution in [1.29, 1.82) is 0 Å². The number of rotatable bonds is 11. The molecule has 1 nitrogen and oxygen atoms in total. The Kier molecular flexibility index (Phi) is 12.9. The Labute approximate surface area is 95.7 Å². The highest BCUT2D eigenvalue weighted by Gasteiger charge is 1.90. The zero-order valence-corrected chi connectivity index (χ0v) is 10.4. The molecule has 0 amide bonds. The van der Waals surface area contributed by atoms with E-state index in [-0.39, 0.29) is 0 Å². The monoisotopic (exact) mass is 209 g/mol. The van der Waals surface area contributed by atoms with Crippen LogP contribution in [0, 0.1) is 0 Å². The van der Waals surface area contributed by atoms with Gasteiger partial charge in [-0.2, -0.15) is 0 Å². The van der Waals surface area contributed by atoms with E-state index in [1.54, 1.807) is 6.20 Å². The summed E-state index contributed by atoms with van der Waals surface area (Å²) in [5, 5.41) is 0. The fourth-order valence-corrected chi connectivity index (χ4v) is 1.70. The lowest BCUT2D eigenvalue weighted by atomic mass is 10.1. The molecule has 0 saturated heterocycles. The number of nitrogens with zero attached hydrogens (tertiary/aromatic N) is 1. The van der Waals surface area contributed by atoms with Crippen LogP contribution in [0.15, 0.2) is 17.8 Å². The smallest absolute Gasteiger partial charge is 0.0191 e. The second kappa shape index (κ2) is 13.4. The van der Waals surface area contributed by atoms with Gasteiger partial charge in [-0.1, -0.05) is 64.9 Å². The van der Waals surface area contributed by atoms with E-state index in [2.05, 4.69) is 18.5 Å². The van der Waals surface area contributed by atoms with Gasteiger partial charge in [0.2, 0.25) is 0 Å². The summed E-state index contributed by atoms with van der Waals surface area (Å²) in [4.78, 5) is 3.98.